The van der Waals surface area contributed by atoms with Crippen molar-refractivity contribution < 1.29 is 0 Å². The zero-order valence-electron chi connectivity index (χ0n) is 5.33. The van der Waals surface area contributed by atoms with Crippen LogP contribution in [0.4, 0.5) is 0 Å². The zero-order valence-corrected chi connectivity index (χ0v) is 5.33. The maximum Gasteiger partial charge on any atom is 0.140 e. The van der Waals surface area contributed by atoms with Gasteiger partial charge in [-0.1, -0.05) is 6.58 Å². The molecule has 0 bridgehead atoms. The summed E-state index contributed by atoms with van der Waals surface area (Å²) >= 11 is 0. The smallest absolute Gasteiger partial charge is 0.140 e. The van der Waals surface area contributed by atoms with Crippen molar-refractivity contribution in [2.24, 2.45) is 15.8 Å². The maximum absolute atomic E-state index is 4.94. The third-order valence-electron chi connectivity index (χ3n) is 0.688. The Labute approximate surface area is 54.2 Å². The van der Waals surface area contributed by atoms with Crippen LogP contribution in [0.5, 0.6) is 0 Å². The molecule has 0 fully saturated rings. The van der Waals surface area contributed by atoms with Gasteiger partial charge in [0.15, 0.2) is 0 Å². The van der Waals surface area contributed by atoms with Gasteiger partial charge in [0.05, 0.1) is 0 Å². The van der Waals surface area contributed by atoms with Crippen LogP contribution in [0.2, 0.25) is 0 Å². The summed E-state index contributed by atoms with van der Waals surface area (Å²) in [7, 11) is 1.63. The number of nitrogens with one attached hydrogen (secondary N) is 1. The van der Waals surface area contributed by atoms with E-state index in [2.05, 4.69) is 22.1 Å². The fourth-order valence-corrected chi connectivity index (χ4v) is 0.290. The molecule has 0 atom stereocenters. The number of hydrogen-bond acceptors (Lipinski definition) is 2. The molecule has 0 amide bonds. The first kappa shape index (κ1) is 7.68. The second kappa shape index (κ2) is 4.83. The Morgan fingerprint density at radius 1 is 1.78 bits per heavy atom. The topological polar surface area (TPSA) is 62.8 Å². The molecular weight excluding hydrogens is 116 g/mol. The van der Waals surface area contributed by atoms with Crippen molar-refractivity contribution in [1.29, 1.82) is 0 Å². The van der Waals surface area contributed by atoms with Crippen molar-refractivity contribution in [2.45, 2.75) is 0 Å². The summed E-state index contributed by atoms with van der Waals surface area (Å²) in [5, 5.41) is 3.51. The van der Waals surface area contributed by atoms with E-state index in [1.807, 2.05) is 0 Å². The molecule has 4 heteroatoms. The van der Waals surface area contributed by atoms with E-state index in [1.165, 1.54) is 0 Å². The van der Waals surface area contributed by atoms with Crippen LogP contribution in [0.1, 0.15) is 0 Å². The first-order valence-electron chi connectivity index (χ1n) is 2.43. The highest BCUT2D eigenvalue weighted by Crippen LogP contribution is 1.70. The Morgan fingerprint density at radius 2 is 2.44 bits per heavy atom. The molecule has 0 aromatic rings. The van der Waals surface area contributed by atoms with Gasteiger partial charge in [0.1, 0.15) is 12.2 Å². The molecule has 9 heavy (non-hydrogen) atoms. The second-order valence-corrected chi connectivity index (χ2v) is 1.20. The predicted octanol–water partition coefficient (Wildman–Crippen LogP) is -0.308. The molecule has 0 aliphatic rings. The highest BCUT2D eigenvalue weighted by atomic mass is 15.3. The summed E-state index contributed by atoms with van der Waals surface area (Å²) in [6, 6.07) is 0. The number of hydrogen-bond donors (Lipinski definition) is 2. The lowest BCUT2D eigenvalue weighted by Crippen LogP contribution is -2.15. The van der Waals surface area contributed by atoms with Gasteiger partial charge < -0.3 is 5.73 Å². The summed E-state index contributed by atoms with van der Waals surface area (Å²) in [5.74, 6) is 0.594. The molecule has 0 aromatic heterocycles. The molecule has 0 rings (SSSR count). The second-order valence-electron chi connectivity index (χ2n) is 1.20. The Balaban J connectivity index is 3.71. The van der Waals surface area contributed by atoms with Gasteiger partial charge in [0, 0.05) is 7.05 Å². The Hall–Kier alpha value is -1.32. The van der Waals surface area contributed by atoms with Crippen LogP contribution in [-0.2, 0) is 0 Å². The van der Waals surface area contributed by atoms with Crippen molar-refractivity contribution in [3.05, 3.63) is 12.7 Å². The van der Waals surface area contributed by atoms with Gasteiger partial charge in [-0.25, -0.2) is 0 Å². The van der Waals surface area contributed by atoms with Crippen LogP contribution < -0.4 is 11.2 Å². The zero-order chi connectivity index (χ0) is 7.11. The molecule has 0 saturated heterocycles. The van der Waals surface area contributed by atoms with Crippen molar-refractivity contribution >= 4 is 12.2 Å². The summed E-state index contributed by atoms with van der Waals surface area (Å²) in [4.78, 5) is 3.76. The molecule has 0 heterocycles. The van der Waals surface area contributed by atoms with Crippen LogP contribution in [0.15, 0.2) is 22.7 Å². The van der Waals surface area contributed by atoms with Gasteiger partial charge in [-0.05, 0) is 6.08 Å². The molecule has 4 nitrogen and oxygen atoms in total. The monoisotopic (exact) mass is 126 g/mol. The predicted molar refractivity (Wildman–Crippen MR) is 39.4 cm³/mol. The van der Waals surface area contributed by atoms with Crippen LogP contribution in [0.3, 0.4) is 0 Å². The van der Waals surface area contributed by atoms with Gasteiger partial charge in [-0.2, -0.15) is 5.10 Å². The minimum absolute atomic E-state index is 0.594. The SMILES string of the molecule is C=CC(=NC)NN=CN. The van der Waals surface area contributed by atoms with Gasteiger partial charge in [-0.3, -0.25) is 10.4 Å². The highest BCUT2D eigenvalue weighted by molar-refractivity contribution is 5.92. The average Bonchev–Trinajstić information content (AvgIpc) is 1.91. The summed E-state index contributed by atoms with van der Waals surface area (Å²) in [6.45, 7) is 3.48. The number of nitrogens with zero attached hydrogens (tertiary/aromatic N) is 2. The van der Waals surface area contributed by atoms with Crippen LogP contribution >= 0.6 is 0 Å². The van der Waals surface area contributed by atoms with Crippen molar-refractivity contribution in [2.75, 3.05) is 7.05 Å². The minimum Gasteiger partial charge on any atom is -0.388 e. The minimum atomic E-state index is 0.594. The molecule has 0 aromatic carbocycles. The van der Waals surface area contributed by atoms with Crippen LogP contribution in [-0.4, -0.2) is 19.2 Å². The van der Waals surface area contributed by atoms with E-state index in [9.17, 15) is 0 Å². The normalized spacial score (nSPS) is 11.9. The first-order valence-corrected chi connectivity index (χ1v) is 2.43. The molecule has 0 radical (unpaired) electrons. The van der Waals surface area contributed by atoms with E-state index in [0.717, 1.165) is 6.34 Å². The Morgan fingerprint density at radius 3 is 2.78 bits per heavy atom. The fourth-order valence-electron chi connectivity index (χ4n) is 0.290. The molecule has 0 aliphatic carbocycles. The molecule has 0 aliphatic heterocycles. The number of aliphatic imine (C=N–C) groups is 1. The first-order chi connectivity index (χ1) is 4.35. The van der Waals surface area contributed by atoms with Crippen molar-refractivity contribution in [1.82, 2.24) is 5.43 Å². The standard InChI is InChI=1S/C5H10N4/c1-3-5(7-2)9-8-4-6/h3-4H,1H2,2H3,(H2,6,8)(H,7,9). The van der Waals surface area contributed by atoms with Gasteiger partial charge in [-0.15, -0.1) is 0 Å². The molecule has 0 unspecified atom stereocenters. The number of rotatable bonds is 2. The molecule has 3 N–H and O–H groups in total. The van der Waals surface area contributed by atoms with Crippen molar-refractivity contribution in [3.8, 4) is 0 Å². The largest absolute Gasteiger partial charge is 0.388 e. The van der Waals surface area contributed by atoms with E-state index >= 15 is 0 Å². The number of nitrogens with two attached hydrogens (primary N) is 1. The van der Waals surface area contributed by atoms with Gasteiger partial charge in [0.2, 0.25) is 0 Å². The fraction of sp³-hybridized carbons (Fsp3) is 0.200. The third kappa shape index (κ3) is 3.28. The number of hydrazone groups is 1. The Kier molecular flexibility index (Phi) is 4.12. The summed E-state index contributed by atoms with van der Waals surface area (Å²) < 4.78 is 0. The quantitative estimate of drug-likeness (QED) is 0.303. The lowest BCUT2D eigenvalue weighted by molar-refractivity contribution is 1.03. The van der Waals surface area contributed by atoms with Gasteiger partial charge in [0.25, 0.3) is 0 Å². The summed E-state index contributed by atoms with van der Waals surface area (Å²) in [5.41, 5.74) is 7.49. The highest BCUT2D eigenvalue weighted by Gasteiger charge is 1.81. The molecule has 0 spiro atoms. The molecule has 50 valence electrons. The third-order valence-corrected chi connectivity index (χ3v) is 0.688. The molecule has 0 saturated carbocycles. The lowest BCUT2D eigenvalue weighted by Gasteiger charge is -1.93. The van der Waals surface area contributed by atoms with E-state index in [-0.39, 0.29) is 0 Å². The van der Waals surface area contributed by atoms with Crippen molar-refractivity contribution in [3.63, 3.8) is 0 Å². The van der Waals surface area contributed by atoms with E-state index in [4.69, 9.17) is 5.73 Å². The lowest BCUT2D eigenvalue weighted by atomic mass is 10.6. The number of amidine groups is 1. The van der Waals surface area contributed by atoms with Gasteiger partial charge >= 0.3 is 0 Å². The summed E-state index contributed by atoms with van der Waals surface area (Å²) in [6.07, 6.45) is 2.70. The maximum atomic E-state index is 4.94. The van der Waals surface area contributed by atoms with E-state index in [0.29, 0.717) is 5.84 Å². The molecular formula is C5H10N4. The van der Waals surface area contributed by atoms with E-state index < -0.39 is 0 Å². The van der Waals surface area contributed by atoms with E-state index in [1.54, 1.807) is 13.1 Å². The van der Waals surface area contributed by atoms with Crippen LogP contribution in [0, 0.1) is 0 Å². The Bertz CT molecular complexity index is 136. The van der Waals surface area contributed by atoms with Crippen LogP contribution in [0.25, 0.3) is 0 Å². The average molecular weight is 126 g/mol.